The van der Waals surface area contributed by atoms with Gasteiger partial charge in [-0.25, -0.2) is 14.0 Å². The molecular formula is C11H13FN4O5. The monoisotopic (exact) mass is 300 g/mol. The molecule has 1 fully saturated rings. The molecule has 2 heterocycles. The Bertz CT molecular complexity index is 692. The predicted molar refractivity (Wildman–Crippen MR) is 66.8 cm³/mol. The van der Waals surface area contributed by atoms with Crippen LogP contribution >= 0.6 is 0 Å². The second-order valence-electron chi connectivity index (χ2n) is 4.41. The number of hydrogen-bond acceptors (Lipinski definition) is 7. The fourth-order valence-corrected chi connectivity index (χ4v) is 2.09. The van der Waals surface area contributed by atoms with Crippen molar-refractivity contribution in [1.29, 1.82) is 0 Å². The summed E-state index contributed by atoms with van der Waals surface area (Å²) >= 11 is 0. The van der Waals surface area contributed by atoms with Gasteiger partial charge in [-0.15, -0.1) is 0 Å². The SMILES string of the molecule is NC1(C#CCF)[C@@H](O)[C@@H](CO)O[C@H]1n1cnc(=O)[nH]c1=O. The van der Waals surface area contributed by atoms with E-state index in [0.29, 0.717) is 0 Å². The molecule has 1 aliphatic heterocycles. The number of nitrogens with two attached hydrogens (primary N) is 1. The summed E-state index contributed by atoms with van der Waals surface area (Å²) < 4.78 is 18.4. The zero-order chi connectivity index (χ0) is 15.6. The van der Waals surface area contributed by atoms with Crippen molar-refractivity contribution in [1.82, 2.24) is 14.5 Å². The Morgan fingerprint density at radius 1 is 1.62 bits per heavy atom. The molecule has 0 radical (unpaired) electrons. The van der Waals surface area contributed by atoms with Crippen molar-refractivity contribution >= 4 is 0 Å². The summed E-state index contributed by atoms with van der Waals surface area (Å²) in [5.41, 5.74) is 2.33. The van der Waals surface area contributed by atoms with Gasteiger partial charge in [0.25, 0.3) is 0 Å². The predicted octanol–water partition coefficient (Wildman–Crippen LogP) is -3.15. The first-order valence-corrected chi connectivity index (χ1v) is 5.90. The second kappa shape index (κ2) is 5.74. The van der Waals surface area contributed by atoms with E-state index in [1.54, 1.807) is 0 Å². The number of aromatic amines is 1. The van der Waals surface area contributed by atoms with Crippen LogP contribution in [0.2, 0.25) is 0 Å². The van der Waals surface area contributed by atoms with Crippen LogP contribution < -0.4 is 17.1 Å². The van der Waals surface area contributed by atoms with Gasteiger partial charge in [0.2, 0.25) is 0 Å². The number of nitrogens with one attached hydrogen (secondary N) is 1. The summed E-state index contributed by atoms with van der Waals surface area (Å²) in [5.74, 6) is 4.36. The molecule has 1 aromatic rings. The van der Waals surface area contributed by atoms with Gasteiger partial charge in [0.05, 0.1) is 6.61 Å². The molecule has 0 aliphatic carbocycles. The van der Waals surface area contributed by atoms with Crippen LogP contribution in [0.4, 0.5) is 4.39 Å². The third-order valence-electron chi connectivity index (χ3n) is 3.11. The van der Waals surface area contributed by atoms with E-state index < -0.39 is 48.6 Å². The fraction of sp³-hybridized carbons (Fsp3) is 0.545. The van der Waals surface area contributed by atoms with Gasteiger partial charge in [-0.05, 0) is 0 Å². The molecule has 1 saturated heterocycles. The number of halogens is 1. The largest absolute Gasteiger partial charge is 0.394 e. The van der Waals surface area contributed by atoms with E-state index in [2.05, 4.69) is 16.8 Å². The van der Waals surface area contributed by atoms with Gasteiger partial charge in [0.1, 0.15) is 25.2 Å². The number of aromatic nitrogens is 3. The van der Waals surface area contributed by atoms with Gasteiger partial charge >= 0.3 is 11.4 Å². The molecule has 21 heavy (non-hydrogen) atoms. The van der Waals surface area contributed by atoms with Crippen LogP contribution in [-0.2, 0) is 4.74 Å². The lowest BCUT2D eigenvalue weighted by Crippen LogP contribution is -2.55. The number of hydrogen-bond donors (Lipinski definition) is 4. The number of ether oxygens (including phenoxy) is 1. The van der Waals surface area contributed by atoms with Crippen LogP contribution in [0.5, 0.6) is 0 Å². The molecular weight excluding hydrogens is 287 g/mol. The Labute approximate surface area is 117 Å². The highest BCUT2D eigenvalue weighted by Gasteiger charge is 2.54. The molecule has 9 nitrogen and oxygen atoms in total. The zero-order valence-electron chi connectivity index (χ0n) is 10.7. The van der Waals surface area contributed by atoms with Crippen molar-refractivity contribution in [3.8, 4) is 11.8 Å². The van der Waals surface area contributed by atoms with Crippen LogP contribution in [0.1, 0.15) is 6.23 Å². The summed E-state index contributed by atoms with van der Waals surface area (Å²) in [6.45, 7) is -1.60. The van der Waals surface area contributed by atoms with E-state index in [4.69, 9.17) is 15.6 Å². The molecule has 0 spiro atoms. The van der Waals surface area contributed by atoms with Crippen molar-refractivity contribution in [2.75, 3.05) is 13.3 Å². The van der Waals surface area contributed by atoms with E-state index in [0.717, 1.165) is 10.9 Å². The summed E-state index contributed by atoms with van der Waals surface area (Å²) in [4.78, 5) is 28.0. The van der Waals surface area contributed by atoms with Crippen LogP contribution in [0.3, 0.4) is 0 Å². The first-order chi connectivity index (χ1) is 9.93. The summed E-state index contributed by atoms with van der Waals surface area (Å²) in [7, 11) is 0. The number of alkyl halides is 1. The summed E-state index contributed by atoms with van der Waals surface area (Å²) in [5, 5.41) is 19.2. The maximum atomic E-state index is 12.3. The molecule has 1 aromatic heterocycles. The Morgan fingerprint density at radius 2 is 2.33 bits per heavy atom. The van der Waals surface area contributed by atoms with Gasteiger partial charge in [-0.3, -0.25) is 9.55 Å². The highest BCUT2D eigenvalue weighted by molar-refractivity contribution is 5.25. The van der Waals surface area contributed by atoms with Gasteiger partial charge in [0.15, 0.2) is 11.8 Å². The standard InChI is InChI=1S/C11H13FN4O5/c12-3-1-2-11(13)7(18)6(4-17)21-8(11)16-5-14-9(19)15-10(16)20/h5-8,17-18H,3-4,13H2,(H,15,19,20)/t6-,7+,8-,11?/m1/s1. The van der Waals surface area contributed by atoms with E-state index in [9.17, 15) is 19.1 Å². The van der Waals surface area contributed by atoms with Gasteiger partial charge < -0.3 is 20.7 Å². The van der Waals surface area contributed by atoms with Gasteiger partial charge in [-0.2, -0.15) is 4.98 Å². The molecule has 2 rings (SSSR count). The molecule has 1 aliphatic rings. The minimum absolute atomic E-state index is 0.584. The number of nitrogens with zero attached hydrogens (tertiary/aromatic N) is 2. The topological polar surface area (TPSA) is 143 Å². The minimum Gasteiger partial charge on any atom is -0.394 e. The molecule has 5 N–H and O–H groups in total. The van der Waals surface area contributed by atoms with Gasteiger partial charge in [0, 0.05) is 0 Å². The average molecular weight is 300 g/mol. The van der Waals surface area contributed by atoms with E-state index in [1.165, 1.54) is 0 Å². The van der Waals surface area contributed by atoms with Crippen LogP contribution in [-0.4, -0.2) is 55.8 Å². The molecule has 4 atom stereocenters. The molecule has 1 unspecified atom stereocenters. The van der Waals surface area contributed by atoms with E-state index in [1.807, 2.05) is 4.98 Å². The third-order valence-corrected chi connectivity index (χ3v) is 3.11. The number of H-pyrrole nitrogens is 1. The van der Waals surface area contributed by atoms with Crippen molar-refractivity contribution < 1.29 is 19.3 Å². The molecule has 0 saturated carbocycles. The average Bonchev–Trinajstić information content (AvgIpc) is 2.70. The Kier molecular flexibility index (Phi) is 4.19. The Morgan fingerprint density at radius 3 is 2.90 bits per heavy atom. The molecule has 0 amide bonds. The lowest BCUT2D eigenvalue weighted by Gasteiger charge is -2.27. The number of aliphatic hydroxyl groups excluding tert-OH is 2. The van der Waals surface area contributed by atoms with Crippen LogP contribution in [0.25, 0.3) is 0 Å². The molecule has 10 heteroatoms. The third kappa shape index (κ3) is 2.59. The van der Waals surface area contributed by atoms with Crippen LogP contribution in [0, 0.1) is 11.8 Å². The zero-order valence-corrected chi connectivity index (χ0v) is 10.7. The number of rotatable bonds is 2. The van der Waals surface area contributed by atoms with Crippen molar-refractivity contribution in [3.63, 3.8) is 0 Å². The van der Waals surface area contributed by atoms with Gasteiger partial charge in [-0.1, -0.05) is 11.8 Å². The molecule has 114 valence electrons. The van der Waals surface area contributed by atoms with Crippen molar-refractivity contribution in [2.45, 2.75) is 24.0 Å². The normalized spacial score (nSPS) is 31.7. The smallest absolute Gasteiger partial charge is 0.350 e. The number of aliphatic hydroxyl groups is 2. The maximum absolute atomic E-state index is 12.3. The first-order valence-electron chi connectivity index (χ1n) is 5.90. The van der Waals surface area contributed by atoms with Crippen LogP contribution in [0.15, 0.2) is 15.9 Å². The van der Waals surface area contributed by atoms with E-state index in [-0.39, 0.29) is 0 Å². The highest BCUT2D eigenvalue weighted by atomic mass is 19.1. The minimum atomic E-state index is -1.84. The van der Waals surface area contributed by atoms with Crippen molar-refractivity contribution in [3.05, 3.63) is 27.3 Å². The lowest BCUT2D eigenvalue weighted by atomic mass is 9.91. The molecule has 0 aromatic carbocycles. The maximum Gasteiger partial charge on any atom is 0.350 e. The fourth-order valence-electron chi connectivity index (χ4n) is 2.09. The molecule has 0 bridgehead atoms. The summed E-state index contributed by atoms with van der Waals surface area (Å²) in [6.07, 6.45) is -3.06. The first kappa shape index (κ1) is 15.3. The van der Waals surface area contributed by atoms with Crippen molar-refractivity contribution in [2.24, 2.45) is 5.73 Å². The van der Waals surface area contributed by atoms with E-state index >= 15 is 0 Å². The lowest BCUT2D eigenvalue weighted by molar-refractivity contribution is -0.0481. The Balaban J connectivity index is 2.53. The second-order valence-corrected chi connectivity index (χ2v) is 4.41. The summed E-state index contributed by atoms with van der Waals surface area (Å²) in [6, 6.07) is 0. The highest BCUT2D eigenvalue weighted by Crippen LogP contribution is 2.35. The quantitative estimate of drug-likeness (QED) is 0.422. The Hall–Kier alpha value is -2.06.